The fourth-order valence-corrected chi connectivity index (χ4v) is 3.28. The van der Waals surface area contributed by atoms with E-state index in [1.54, 1.807) is 11.1 Å². The Labute approximate surface area is 146 Å². The fraction of sp³-hybridized carbons (Fsp3) is 0.333. The Bertz CT molecular complexity index is 757. The van der Waals surface area contributed by atoms with Gasteiger partial charge in [0, 0.05) is 48.8 Å². The van der Waals surface area contributed by atoms with Crippen LogP contribution in [0.4, 0.5) is 5.69 Å². The van der Waals surface area contributed by atoms with Gasteiger partial charge in [0.15, 0.2) is 0 Å². The summed E-state index contributed by atoms with van der Waals surface area (Å²) in [4.78, 5) is 31.8. The molecule has 0 spiro atoms. The minimum Gasteiger partial charge on any atom is -0.368 e. The molecular weight excluding hydrogens is 326 g/mol. The van der Waals surface area contributed by atoms with Crippen molar-refractivity contribution in [1.82, 2.24) is 9.88 Å². The topological polar surface area (TPSA) is 56.4 Å². The van der Waals surface area contributed by atoms with Gasteiger partial charge in [0.25, 0.3) is 11.7 Å². The number of hydrogen-bond acceptors (Lipinski definition) is 3. The standard InChI is InChI=1S/C18H20ClN3O2/c1-12-11-20-13(2)16(12)17(23)18(24)22-8-6-21(7-9-22)15-5-3-4-14(19)10-15/h3-5,10-11,20H,6-9H2,1-2H3. The SMILES string of the molecule is Cc1c[nH]c(C)c1C(=O)C(=O)N1CCN(c2cccc(Cl)c2)CC1. The maximum absolute atomic E-state index is 12.5. The first kappa shape index (κ1) is 16.6. The maximum atomic E-state index is 12.5. The van der Waals surface area contributed by atoms with E-state index in [0.717, 1.165) is 16.9 Å². The molecule has 0 unspecified atom stereocenters. The van der Waals surface area contributed by atoms with E-state index in [1.165, 1.54) is 0 Å². The summed E-state index contributed by atoms with van der Waals surface area (Å²) in [7, 11) is 0. The third kappa shape index (κ3) is 3.17. The number of benzene rings is 1. The third-order valence-corrected chi connectivity index (χ3v) is 4.67. The fourth-order valence-electron chi connectivity index (χ4n) is 3.10. The highest BCUT2D eigenvalue weighted by Crippen LogP contribution is 2.21. The van der Waals surface area contributed by atoms with Gasteiger partial charge in [-0.2, -0.15) is 0 Å². The van der Waals surface area contributed by atoms with Crippen LogP contribution < -0.4 is 4.90 Å². The number of rotatable bonds is 3. The number of aromatic amines is 1. The van der Waals surface area contributed by atoms with Crippen LogP contribution in [0.1, 0.15) is 21.6 Å². The number of aromatic nitrogens is 1. The quantitative estimate of drug-likeness (QED) is 0.687. The van der Waals surface area contributed by atoms with Crippen molar-refractivity contribution >= 4 is 29.0 Å². The van der Waals surface area contributed by atoms with Gasteiger partial charge in [-0.3, -0.25) is 9.59 Å². The van der Waals surface area contributed by atoms with E-state index in [2.05, 4.69) is 9.88 Å². The number of aryl methyl sites for hydroxylation is 2. The number of carbonyl (C=O) groups excluding carboxylic acids is 2. The Morgan fingerprint density at radius 3 is 2.42 bits per heavy atom. The summed E-state index contributed by atoms with van der Waals surface area (Å²) < 4.78 is 0. The number of carbonyl (C=O) groups is 2. The van der Waals surface area contributed by atoms with Crippen molar-refractivity contribution in [2.24, 2.45) is 0 Å². The number of nitrogens with one attached hydrogen (secondary N) is 1. The van der Waals surface area contributed by atoms with Crippen LogP contribution in [0.5, 0.6) is 0 Å². The van der Waals surface area contributed by atoms with Gasteiger partial charge in [-0.15, -0.1) is 0 Å². The van der Waals surface area contributed by atoms with Crippen LogP contribution in [0.2, 0.25) is 5.02 Å². The molecule has 1 saturated heterocycles. The number of H-pyrrole nitrogens is 1. The summed E-state index contributed by atoms with van der Waals surface area (Å²) in [5.74, 6) is -0.853. The van der Waals surface area contributed by atoms with E-state index in [0.29, 0.717) is 36.8 Å². The zero-order chi connectivity index (χ0) is 17.3. The van der Waals surface area contributed by atoms with Crippen molar-refractivity contribution in [1.29, 1.82) is 0 Å². The predicted octanol–water partition coefficient (Wildman–Crippen LogP) is 2.82. The van der Waals surface area contributed by atoms with Crippen molar-refractivity contribution in [3.63, 3.8) is 0 Å². The second kappa shape index (κ2) is 6.69. The molecule has 0 aliphatic carbocycles. The number of amides is 1. The Morgan fingerprint density at radius 1 is 1.12 bits per heavy atom. The molecule has 1 N–H and O–H groups in total. The van der Waals surface area contributed by atoms with Crippen LogP contribution in [0.25, 0.3) is 0 Å². The number of ketones is 1. The highest BCUT2D eigenvalue weighted by Gasteiger charge is 2.29. The molecule has 24 heavy (non-hydrogen) atoms. The highest BCUT2D eigenvalue weighted by molar-refractivity contribution is 6.43. The number of hydrogen-bond donors (Lipinski definition) is 1. The number of piperazine rings is 1. The lowest BCUT2D eigenvalue weighted by Crippen LogP contribution is -2.50. The predicted molar refractivity (Wildman–Crippen MR) is 94.8 cm³/mol. The summed E-state index contributed by atoms with van der Waals surface area (Å²) in [6.45, 7) is 6.07. The highest BCUT2D eigenvalue weighted by atomic mass is 35.5. The van der Waals surface area contributed by atoms with Gasteiger partial charge in [-0.1, -0.05) is 17.7 Å². The van der Waals surface area contributed by atoms with Crippen LogP contribution in [0, 0.1) is 13.8 Å². The molecule has 1 aliphatic rings. The van der Waals surface area contributed by atoms with Gasteiger partial charge in [0.05, 0.1) is 5.56 Å². The summed E-state index contributed by atoms with van der Waals surface area (Å²) in [5.41, 5.74) is 3.09. The zero-order valence-electron chi connectivity index (χ0n) is 13.8. The summed E-state index contributed by atoms with van der Waals surface area (Å²) in [6, 6.07) is 7.67. The molecule has 2 heterocycles. The molecule has 6 heteroatoms. The molecule has 1 aromatic carbocycles. The molecule has 0 bridgehead atoms. The molecule has 1 amide bonds. The lowest BCUT2D eigenvalue weighted by atomic mass is 10.1. The van der Waals surface area contributed by atoms with Gasteiger partial charge in [0.2, 0.25) is 0 Å². The molecule has 0 radical (unpaired) electrons. The van der Waals surface area contributed by atoms with E-state index in [4.69, 9.17) is 11.6 Å². The Morgan fingerprint density at radius 2 is 1.83 bits per heavy atom. The molecule has 126 valence electrons. The molecule has 5 nitrogen and oxygen atoms in total. The monoisotopic (exact) mass is 345 g/mol. The number of nitrogens with zero attached hydrogens (tertiary/aromatic N) is 2. The van der Waals surface area contributed by atoms with Gasteiger partial charge in [0.1, 0.15) is 0 Å². The molecular formula is C18H20ClN3O2. The van der Waals surface area contributed by atoms with Crippen molar-refractivity contribution in [3.05, 3.63) is 52.3 Å². The third-order valence-electron chi connectivity index (χ3n) is 4.44. The van der Waals surface area contributed by atoms with Crippen molar-refractivity contribution in [2.75, 3.05) is 31.1 Å². The van der Waals surface area contributed by atoms with Gasteiger partial charge < -0.3 is 14.8 Å². The Hall–Kier alpha value is -2.27. The second-order valence-corrected chi connectivity index (χ2v) is 6.50. The largest absolute Gasteiger partial charge is 0.368 e. The van der Waals surface area contributed by atoms with Crippen molar-refractivity contribution < 1.29 is 9.59 Å². The van der Waals surface area contributed by atoms with E-state index in [9.17, 15) is 9.59 Å². The molecule has 0 atom stereocenters. The average Bonchev–Trinajstić information content (AvgIpc) is 2.92. The molecule has 1 aliphatic heterocycles. The smallest absolute Gasteiger partial charge is 0.295 e. The molecule has 1 fully saturated rings. The molecule has 3 rings (SSSR count). The first-order valence-corrected chi connectivity index (χ1v) is 8.34. The number of anilines is 1. The van der Waals surface area contributed by atoms with E-state index >= 15 is 0 Å². The number of halogens is 1. The van der Waals surface area contributed by atoms with Gasteiger partial charge in [-0.05, 0) is 37.6 Å². The van der Waals surface area contributed by atoms with Crippen LogP contribution >= 0.6 is 11.6 Å². The molecule has 0 saturated carbocycles. The van der Waals surface area contributed by atoms with Gasteiger partial charge >= 0.3 is 0 Å². The Balaban J connectivity index is 1.66. The van der Waals surface area contributed by atoms with Crippen molar-refractivity contribution in [3.8, 4) is 0 Å². The first-order chi connectivity index (χ1) is 11.5. The Kier molecular flexibility index (Phi) is 4.62. The number of Topliss-reactive ketones (excluding diaryl/α,β-unsaturated/α-hetero) is 1. The summed E-state index contributed by atoms with van der Waals surface area (Å²) >= 11 is 6.03. The summed E-state index contributed by atoms with van der Waals surface area (Å²) in [6.07, 6.45) is 1.76. The minimum atomic E-state index is -0.428. The van der Waals surface area contributed by atoms with Crippen molar-refractivity contribution in [2.45, 2.75) is 13.8 Å². The summed E-state index contributed by atoms with van der Waals surface area (Å²) in [5, 5.41) is 0.694. The first-order valence-electron chi connectivity index (χ1n) is 7.96. The minimum absolute atomic E-state index is 0.424. The van der Waals surface area contributed by atoms with Crippen LogP contribution in [-0.2, 0) is 4.79 Å². The lowest BCUT2D eigenvalue weighted by Gasteiger charge is -2.35. The molecule has 1 aromatic heterocycles. The van der Waals surface area contributed by atoms with E-state index < -0.39 is 11.7 Å². The van der Waals surface area contributed by atoms with E-state index in [-0.39, 0.29) is 0 Å². The van der Waals surface area contributed by atoms with E-state index in [1.807, 2.05) is 38.1 Å². The maximum Gasteiger partial charge on any atom is 0.295 e. The van der Waals surface area contributed by atoms with Crippen LogP contribution in [0.15, 0.2) is 30.5 Å². The lowest BCUT2D eigenvalue weighted by molar-refractivity contribution is -0.126. The second-order valence-electron chi connectivity index (χ2n) is 6.06. The van der Waals surface area contributed by atoms with Gasteiger partial charge in [-0.25, -0.2) is 0 Å². The average molecular weight is 346 g/mol. The molecule has 2 aromatic rings. The zero-order valence-corrected chi connectivity index (χ0v) is 14.6. The van der Waals surface area contributed by atoms with Crippen LogP contribution in [-0.4, -0.2) is 47.8 Å². The normalized spacial score (nSPS) is 14.8. The van der Waals surface area contributed by atoms with Crippen LogP contribution in [0.3, 0.4) is 0 Å².